The van der Waals surface area contributed by atoms with Crippen LogP contribution in [0.2, 0.25) is 0 Å². The van der Waals surface area contributed by atoms with Gasteiger partial charge in [-0.15, -0.1) is 0 Å². The zero-order valence-electron chi connectivity index (χ0n) is 12.9. The summed E-state index contributed by atoms with van der Waals surface area (Å²) in [7, 11) is 0. The maximum absolute atomic E-state index is 13.7. The van der Waals surface area contributed by atoms with Gasteiger partial charge in [0.2, 0.25) is 0 Å². The van der Waals surface area contributed by atoms with E-state index in [0.29, 0.717) is 17.1 Å². The second-order valence-electron chi connectivity index (χ2n) is 5.27. The molecule has 0 spiro atoms. The number of benzene rings is 1. The summed E-state index contributed by atoms with van der Waals surface area (Å²) < 4.78 is 15.1. The number of nitrogens with zero attached hydrogens (tertiary/aromatic N) is 2. The number of rotatable bonds is 4. The lowest BCUT2D eigenvalue weighted by molar-refractivity contribution is 0.0949. The van der Waals surface area contributed by atoms with Crippen LogP contribution in [-0.4, -0.2) is 20.7 Å². The second kappa shape index (κ2) is 6.49. The van der Waals surface area contributed by atoms with Crippen LogP contribution < -0.4 is 10.9 Å². The molecule has 0 aliphatic rings. The van der Waals surface area contributed by atoms with Crippen LogP contribution in [0.4, 0.5) is 4.39 Å². The van der Waals surface area contributed by atoms with Crippen molar-refractivity contribution in [1.82, 2.24) is 20.1 Å². The van der Waals surface area contributed by atoms with Gasteiger partial charge in [-0.25, -0.2) is 9.07 Å². The van der Waals surface area contributed by atoms with Crippen molar-refractivity contribution in [1.29, 1.82) is 0 Å². The summed E-state index contributed by atoms with van der Waals surface area (Å²) >= 11 is 0. The molecule has 0 fully saturated rings. The molecule has 7 heteroatoms. The third-order valence-corrected chi connectivity index (χ3v) is 3.47. The topological polar surface area (TPSA) is 79.8 Å². The van der Waals surface area contributed by atoms with Crippen LogP contribution in [0.1, 0.15) is 21.7 Å². The van der Waals surface area contributed by atoms with E-state index < -0.39 is 11.5 Å². The zero-order valence-corrected chi connectivity index (χ0v) is 12.9. The van der Waals surface area contributed by atoms with Gasteiger partial charge in [-0.3, -0.25) is 9.59 Å². The molecule has 2 aromatic heterocycles. The van der Waals surface area contributed by atoms with Crippen molar-refractivity contribution in [2.45, 2.75) is 13.5 Å². The lowest BCUT2D eigenvalue weighted by Crippen LogP contribution is -2.29. The average Bonchev–Trinajstić information content (AvgIpc) is 3.02. The van der Waals surface area contributed by atoms with E-state index in [-0.39, 0.29) is 17.9 Å². The van der Waals surface area contributed by atoms with Crippen molar-refractivity contribution in [2.75, 3.05) is 0 Å². The Morgan fingerprint density at radius 3 is 2.79 bits per heavy atom. The summed E-state index contributed by atoms with van der Waals surface area (Å²) in [6, 6.07) is 11.1. The predicted molar refractivity (Wildman–Crippen MR) is 86.5 cm³/mol. The number of para-hydroxylation sites is 1. The number of pyridine rings is 1. The van der Waals surface area contributed by atoms with Gasteiger partial charge in [-0.1, -0.05) is 12.1 Å². The molecule has 6 nitrogen and oxygen atoms in total. The van der Waals surface area contributed by atoms with E-state index in [0.717, 1.165) is 0 Å². The van der Waals surface area contributed by atoms with Crippen molar-refractivity contribution in [3.8, 4) is 5.69 Å². The van der Waals surface area contributed by atoms with Crippen molar-refractivity contribution < 1.29 is 9.18 Å². The molecule has 2 heterocycles. The van der Waals surface area contributed by atoms with Crippen LogP contribution in [0.15, 0.2) is 53.5 Å². The number of aryl methyl sites for hydroxylation is 1. The third kappa shape index (κ3) is 3.24. The Bertz CT molecular complexity index is 946. The van der Waals surface area contributed by atoms with Gasteiger partial charge >= 0.3 is 0 Å². The lowest BCUT2D eigenvalue weighted by atomic mass is 10.2. The normalized spacial score (nSPS) is 10.6. The maximum atomic E-state index is 13.7. The Labute approximate surface area is 137 Å². The Morgan fingerprint density at radius 1 is 1.25 bits per heavy atom. The highest BCUT2D eigenvalue weighted by Gasteiger charge is 2.11. The van der Waals surface area contributed by atoms with E-state index in [1.807, 2.05) is 0 Å². The van der Waals surface area contributed by atoms with Gasteiger partial charge in [0, 0.05) is 11.9 Å². The van der Waals surface area contributed by atoms with Crippen LogP contribution in [0.25, 0.3) is 5.69 Å². The van der Waals surface area contributed by atoms with Gasteiger partial charge in [0.25, 0.3) is 11.5 Å². The molecular weight excluding hydrogens is 311 g/mol. The number of halogens is 1. The fourth-order valence-electron chi connectivity index (χ4n) is 2.24. The van der Waals surface area contributed by atoms with Crippen molar-refractivity contribution in [2.24, 2.45) is 0 Å². The molecule has 3 rings (SSSR count). The smallest absolute Gasteiger partial charge is 0.260 e. The van der Waals surface area contributed by atoms with Crippen molar-refractivity contribution in [3.63, 3.8) is 0 Å². The quantitative estimate of drug-likeness (QED) is 0.769. The maximum Gasteiger partial charge on any atom is 0.260 e. The first-order chi connectivity index (χ1) is 11.5. The highest BCUT2D eigenvalue weighted by atomic mass is 19.1. The van der Waals surface area contributed by atoms with Crippen LogP contribution in [0.5, 0.6) is 0 Å². The van der Waals surface area contributed by atoms with E-state index in [1.54, 1.807) is 43.5 Å². The molecule has 3 aromatic rings. The number of H-pyrrole nitrogens is 1. The summed E-state index contributed by atoms with van der Waals surface area (Å²) in [6.45, 7) is 1.87. The Balaban J connectivity index is 1.71. The fourth-order valence-corrected chi connectivity index (χ4v) is 2.24. The van der Waals surface area contributed by atoms with Crippen LogP contribution in [-0.2, 0) is 6.54 Å². The molecule has 24 heavy (non-hydrogen) atoms. The number of hydrogen-bond donors (Lipinski definition) is 2. The highest BCUT2D eigenvalue weighted by molar-refractivity contribution is 5.93. The van der Waals surface area contributed by atoms with E-state index in [9.17, 15) is 14.0 Å². The predicted octanol–water partition coefficient (Wildman–Crippen LogP) is 1.94. The summed E-state index contributed by atoms with van der Waals surface area (Å²) in [5, 5.41) is 6.85. The van der Waals surface area contributed by atoms with Gasteiger partial charge in [0.05, 0.1) is 12.2 Å². The molecule has 0 radical (unpaired) electrons. The highest BCUT2D eigenvalue weighted by Crippen LogP contribution is 2.12. The third-order valence-electron chi connectivity index (χ3n) is 3.47. The first-order valence-electron chi connectivity index (χ1n) is 7.32. The molecule has 1 amide bonds. The summed E-state index contributed by atoms with van der Waals surface area (Å²) in [4.78, 5) is 26.4. The number of amides is 1. The van der Waals surface area contributed by atoms with E-state index in [2.05, 4.69) is 15.4 Å². The number of aromatic amines is 1. The average molecular weight is 326 g/mol. The first kappa shape index (κ1) is 15.7. The molecular formula is C17H15FN4O2. The molecule has 0 atom stereocenters. The van der Waals surface area contributed by atoms with Crippen LogP contribution in [0.3, 0.4) is 0 Å². The molecule has 1 aromatic carbocycles. The standard InChI is InChI=1S/C17H15FN4O2/c1-11-6-7-13(17(24)20-11)16(23)19-10-12-8-9-22(21-12)15-5-3-2-4-14(15)18/h2-9H,10H2,1H3,(H,19,23)(H,20,24). The van der Waals surface area contributed by atoms with Crippen LogP contribution >= 0.6 is 0 Å². The zero-order chi connectivity index (χ0) is 17.1. The molecule has 2 N–H and O–H groups in total. The van der Waals surface area contributed by atoms with Crippen molar-refractivity contribution >= 4 is 5.91 Å². The summed E-state index contributed by atoms with van der Waals surface area (Å²) in [6.07, 6.45) is 1.61. The first-order valence-corrected chi connectivity index (χ1v) is 7.32. The summed E-state index contributed by atoms with van der Waals surface area (Å²) in [5.41, 5.74) is 1.15. The van der Waals surface area contributed by atoms with Crippen LogP contribution in [0, 0.1) is 12.7 Å². The van der Waals surface area contributed by atoms with Gasteiger partial charge in [-0.05, 0) is 37.3 Å². The van der Waals surface area contributed by atoms with Gasteiger partial charge < -0.3 is 10.3 Å². The van der Waals surface area contributed by atoms with E-state index >= 15 is 0 Å². The van der Waals surface area contributed by atoms with Gasteiger partial charge in [0.1, 0.15) is 17.1 Å². The largest absolute Gasteiger partial charge is 0.346 e. The van der Waals surface area contributed by atoms with Gasteiger partial charge in [0.15, 0.2) is 0 Å². The molecule has 0 bridgehead atoms. The van der Waals surface area contributed by atoms with Gasteiger partial charge in [-0.2, -0.15) is 5.10 Å². The Kier molecular flexibility index (Phi) is 4.24. The molecule has 0 aliphatic heterocycles. The molecule has 0 saturated heterocycles. The molecule has 122 valence electrons. The van der Waals surface area contributed by atoms with Crippen molar-refractivity contribution in [3.05, 3.63) is 81.8 Å². The minimum absolute atomic E-state index is 0.0362. The number of nitrogens with one attached hydrogen (secondary N) is 2. The van der Waals surface area contributed by atoms with E-state index in [1.165, 1.54) is 16.8 Å². The SMILES string of the molecule is Cc1ccc(C(=O)NCc2ccn(-c3ccccc3F)n2)c(=O)[nH]1. The Hall–Kier alpha value is -3.22. The number of carbonyl (C=O) groups is 1. The minimum Gasteiger partial charge on any atom is -0.346 e. The number of carbonyl (C=O) groups excluding carboxylic acids is 1. The van der Waals surface area contributed by atoms with E-state index in [4.69, 9.17) is 0 Å². The molecule has 0 aliphatic carbocycles. The monoisotopic (exact) mass is 326 g/mol. The minimum atomic E-state index is -0.489. The molecule has 0 unspecified atom stereocenters. The number of hydrogen-bond acceptors (Lipinski definition) is 3. The lowest BCUT2D eigenvalue weighted by Gasteiger charge is -2.04. The Morgan fingerprint density at radius 2 is 2.04 bits per heavy atom. The number of aromatic nitrogens is 3. The second-order valence-corrected chi connectivity index (χ2v) is 5.27. The summed E-state index contributed by atoms with van der Waals surface area (Å²) in [5.74, 6) is -0.876. The fraction of sp³-hybridized carbons (Fsp3) is 0.118. The molecule has 0 saturated carbocycles.